The van der Waals surface area contributed by atoms with Crippen molar-refractivity contribution in [2.24, 2.45) is 0 Å². The van der Waals surface area contributed by atoms with Crippen molar-refractivity contribution >= 4 is 21.8 Å². The third-order valence-corrected chi connectivity index (χ3v) is 3.99. The first kappa shape index (κ1) is 14.9. The monoisotopic (exact) mass is 317 g/mol. The quantitative estimate of drug-likeness (QED) is 0.791. The molecule has 0 unspecified atom stereocenters. The second-order valence-electron chi connectivity index (χ2n) is 4.07. The van der Waals surface area contributed by atoms with Gasteiger partial charge in [-0.2, -0.15) is 5.10 Å². The highest BCUT2D eigenvalue weighted by molar-refractivity contribution is 7.92. The SMILES string of the molecule is Cc1cn[nH]c1NS(=O)(=O)c1ccc(F)c(C(=O)O)c1F. The molecule has 0 aliphatic heterocycles. The molecule has 0 saturated heterocycles. The Morgan fingerprint density at radius 3 is 2.57 bits per heavy atom. The molecule has 0 amide bonds. The molecule has 3 N–H and O–H groups in total. The van der Waals surface area contributed by atoms with Crippen molar-refractivity contribution in [3.8, 4) is 0 Å². The van der Waals surface area contributed by atoms with Crippen molar-refractivity contribution in [2.45, 2.75) is 11.8 Å². The molecule has 10 heteroatoms. The van der Waals surface area contributed by atoms with E-state index in [2.05, 4.69) is 10.2 Å². The summed E-state index contributed by atoms with van der Waals surface area (Å²) in [5, 5.41) is 14.7. The molecule has 7 nitrogen and oxygen atoms in total. The van der Waals surface area contributed by atoms with Gasteiger partial charge in [-0.15, -0.1) is 0 Å². The van der Waals surface area contributed by atoms with E-state index in [-0.39, 0.29) is 5.82 Å². The number of hydrogen-bond acceptors (Lipinski definition) is 4. The van der Waals surface area contributed by atoms with Gasteiger partial charge in [0.25, 0.3) is 10.0 Å². The van der Waals surface area contributed by atoms with E-state index >= 15 is 0 Å². The maximum atomic E-state index is 13.9. The van der Waals surface area contributed by atoms with E-state index in [1.165, 1.54) is 6.20 Å². The summed E-state index contributed by atoms with van der Waals surface area (Å²) >= 11 is 0. The lowest BCUT2D eigenvalue weighted by atomic mass is 10.2. The number of H-pyrrole nitrogens is 1. The van der Waals surface area contributed by atoms with E-state index in [9.17, 15) is 22.0 Å². The smallest absolute Gasteiger partial charge is 0.341 e. The molecule has 0 atom stereocenters. The molecule has 0 aliphatic carbocycles. The van der Waals surface area contributed by atoms with Crippen LogP contribution in [0.25, 0.3) is 0 Å². The zero-order valence-corrected chi connectivity index (χ0v) is 11.3. The van der Waals surface area contributed by atoms with Crippen molar-refractivity contribution < 1.29 is 27.1 Å². The van der Waals surface area contributed by atoms with Crippen LogP contribution in [0.1, 0.15) is 15.9 Å². The summed E-state index contributed by atoms with van der Waals surface area (Å²) in [6, 6.07) is 1.21. The van der Waals surface area contributed by atoms with E-state index in [1.54, 1.807) is 6.92 Å². The predicted molar refractivity (Wildman–Crippen MR) is 67.5 cm³/mol. The highest BCUT2D eigenvalue weighted by Gasteiger charge is 2.27. The molecule has 2 rings (SSSR count). The van der Waals surface area contributed by atoms with Crippen LogP contribution >= 0.6 is 0 Å². The van der Waals surface area contributed by atoms with Gasteiger partial charge in [0.1, 0.15) is 22.1 Å². The van der Waals surface area contributed by atoms with Crippen molar-refractivity contribution in [3.63, 3.8) is 0 Å². The maximum Gasteiger partial charge on any atom is 0.341 e. The van der Waals surface area contributed by atoms with Gasteiger partial charge in [0, 0.05) is 5.56 Å². The van der Waals surface area contributed by atoms with Gasteiger partial charge in [-0.25, -0.2) is 22.0 Å². The normalized spacial score (nSPS) is 11.4. The molecule has 1 heterocycles. The van der Waals surface area contributed by atoms with Gasteiger partial charge in [-0.1, -0.05) is 0 Å². The first-order valence-corrected chi connectivity index (χ1v) is 6.96. The summed E-state index contributed by atoms with van der Waals surface area (Å²) in [6.07, 6.45) is 1.33. The van der Waals surface area contributed by atoms with E-state index in [0.717, 1.165) is 0 Å². The number of aromatic nitrogens is 2. The van der Waals surface area contributed by atoms with Crippen molar-refractivity contribution in [1.82, 2.24) is 10.2 Å². The largest absolute Gasteiger partial charge is 0.477 e. The van der Waals surface area contributed by atoms with E-state index in [0.29, 0.717) is 17.7 Å². The van der Waals surface area contributed by atoms with Gasteiger partial charge < -0.3 is 5.11 Å². The fourth-order valence-corrected chi connectivity index (χ4v) is 2.75. The van der Waals surface area contributed by atoms with Crippen LogP contribution in [0.5, 0.6) is 0 Å². The number of rotatable bonds is 4. The fraction of sp³-hybridized carbons (Fsp3) is 0.0909. The number of carboxylic acids is 1. The molecule has 1 aromatic carbocycles. The van der Waals surface area contributed by atoms with Gasteiger partial charge in [0.05, 0.1) is 6.20 Å². The predicted octanol–water partition coefficient (Wildman–Crippen LogP) is 1.50. The number of aromatic carboxylic acids is 1. The third-order valence-electron chi connectivity index (χ3n) is 2.62. The Hall–Kier alpha value is -2.49. The third kappa shape index (κ3) is 2.70. The van der Waals surface area contributed by atoms with Crippen LogP contribution < -0.4 is 4.72 Å². The number of sulfonamides is 1. The molecule has 1 aromatic heterocycles. The Morgan fingerprint density at radius 2 is 2.05 bits per heavy atom. The number of carbonyl (C=O) groups is 1. The molecule has 0 bridgehead atoms. The Bertz CT molecular complexity index is 817. The number of nitrogens with one attached hydrogen (secondary N) is 2. The number of carboxylic acid groups (broad SMARTS) is 1. The van der Waals surface area contributed by atoms with Crippen LogP contribution in [0.3, 0.4) is 0 Å². The Morgan fingerprint density at radius 1 is 1.38 bits per heavy atom. The molecular weight excluding hydrogens is 308 g/mol. The topological polar surface area (TPSA) is 112 Å². The van der Waals surface area contributed by atoms with Crippen LogP contribution in [0.4, 0.5) is 14.6 Å². The Kier molecular flexibility index (Phi) is 3.64. The molecule has 0 fully saturated rings. The molecule has 0 radical (unpaired) electrons. The summed E-state index contributed by atoms with van der Waals surface area (Å²) < 4.78 is 53.3. The molecule has 0 spiro atoms. The number of benzene rings is 1. The Balaban J connectivity index is 2.53. The standard InChI is InChI=1S/C11H9F2N3O4S/c1-5-4-14-15-10(5)16-21(19,20)7-3-2-6(12)8(9(7)13)11(17)18/h2-4H,1H3,(H,17,18)(H2,14,15,16). The average molecular weight is 317 g/mol. The number of hydrogen-bond donors (Lipinski definition) is 3. The second kappa shape index (κ2) is 5.13. The molecule has 2 aromatic rings. The minimum absolute atomic E-state index is 0.00407. The van der Waals surface area contributed by atoms with E-state index in [4.69, 9.17) is 5.11 Å². The number of aryl methyl sites for hydroxylation is 1. The molecular formula is C11H9F2N3O4S. The van der Waals surface area contributed by atoms with Gasteiger partial charge in [-0.3, -0.25) is 9.82 Å². The van der Waals surface area contributed by atoms with E-state index in [1.807, 2.05) is 4.72 Å². The fourth-order valence-electron chi connectivity index (χ4n) is 1.58. The highest BCUT2D eigenvalue weighted by Crippen LogP contribution is 2.23. The molecule has 0 aliphatic rings. The van der Waals surface area contributed by atoms with Crippen molar-refractivity contribution in [3.05, 3.63) is 41.1 Å². The number of aromatic amines is 1. The molecule has 112 valence electrons. The van der Waals surface area contributed by atoms with Crippen molar-refractivity contribution in [1.29, 1.82) is 0 Å². The average Bonchev–Trinajstić information content (AvgIpc) is 2.73. The molecule has 21 heavy (non-hydrogen) atoms. The van der Waals surface area contributed by atoms with Gasteiger partial charge in [0.2, 0.25) is 0 Å². The highest BCUT2D eigenvalue weighted by atomic mass is 32.2. The first-order chi connectivity index (χ1) is 9.74. The van der Waals surface area contributed by atoms with Gasteiger partial charge in [-0.05, 0) is 19.1 Å². The summed E-state index contributed by atoms with van der Waals surface area (Å²) in [5.74, 6) is -4.95. The number of anilines is 1. The summed E-state index contributed by atoms with van der Waals surface area (Å²) in [4.78, 5) is 9.80. The zero-order valence-electron chi connectivity index (χ0n) is 10.5. The summed E-state index contributed by atoms with van der Waals surface area (Å²) in [5.41, 5.74) is -0.890. The maximum absolute atomic E-state index is 13.9. The van der Waals surface area contributed by atoms with Crippen LogP contribution in [0, 0.1) is 18.6 Å². The summed E-state index contributed by atoms with van der Waals surface area (Å²) in [6.45, 7) is 1.55. The lowest BCUT2D eigenvalue weighted by Gasteiger charge is -2.09. The van der Waals surface area contributed by atoms with Crippen LogP contribution in [0.15, 0.2) is 23.2 Å². The number of nitrogens with zero attached hydrogens (tertiary/aromatic N) is 1. The minimum Gasteiger partial charge on any atom is -0.477 e. The van der Waals surface area contributed by atoms with Crippen LogP contribution in [-0.4, -0.2) is 29.7 Å². The minimum atomic E-state index is -4.44. The first-order valence-electron chi connectivity index (χ1n) is 5.48. The summed E-state index contributed by atoms with van der Waals surface area (Å²) in [7, 11) is -4.44. The van der Waals surface area contributed by atoms with Crippen LogP contribution in [-0.2, 0) is 10.0 Å². The lowest BCUT2D eigenvalue weighted by Crippen LogP contribution is -2.18. The lowest BCUT2D eigenvalue weighted by molar-refractivity contribution is 0.0685. The zero-order chi connectivity index (χ0) is 15.8. The Labute approximate surface area is 117 Å². The second-order valence-corrected chi connectivity index (χ2v) is 5.72. The molecule has 0 saturated carbocycles. The van der Waals surface area contributed by atoms with Gasteiger partial charge >= 0.3 is 5.97 Å². The van der Waals surface area contributed by atoms with Crippen molar-refractivity contribution in [2.75, 3.05) is 4.72 Å². The van der Waals surface area contributed by atoms with Gasteiger partial charge in [0.15, 0.2) is 5.82 Å². The number of halogens is 2. The van der Waals surface area contributed by atoms with Crippen LogP contribution in [0.2, 0.25) is 0 Å². The van der Waals surface area contributed by atoms with E-state index < -0.39 is 38.1 Å².